The first kappa shape index (κ1) is 19.5. The highest BCUT2D eigenvalue weighted by Gasteiger charge is 2.11. The highest BCUT2D eigenvalue weighted by Crippen LogP contribution is 2.25. The van der Waals surface area contributed by atoms with Crippen LogP contribution in [0.3, 0.4) is 0 Å². The number of ether oxygens (including phenoxy) is 2. The molecular formula is C20H17FN2O4S. The molecule has 0 radical (unpaired) electrons. The number of hydrogen-bond acceptors (Lipinski definition) is 6. The van der Waals surface area contributed by atoms with Crippen molar-refractivity contribution in [1.82, 2.24) is 4.98 Å². The lowest BCUT2D eigenvalue weighted by atomic mass is 10.1. The fourth-order valence-electron chi connectivity index (χ4n) is 2.35. The van der Waals surface area contributed by atoms with Crippen molar-refractivity contribution in [2.24, 2.45) is 0 Å². The summed E-state index contributed by atoms with van der Waals surface area (Å²) in [6, 6.07) is 12.9. The number of thiazole rings is 1. The van der Waals surface area contributed by atoms with E-state index in [4.69, 9.17) is 9.47 Å². The topological polar surface area (TPSA) is 77.5 Å². The van der Waals surface area contributed by atoms with Gasteiger partial charge in [-0.2, -0.15) is 0 Å². The fourth-order valence-corrected chi connectivity index (χ4v) is 3.08. The Morgan fingerprint density at radius 1 is 1.11 bits per heavy atom. The summed E-state index contributed by atoms with van der Waals surface area (Å²) in [6.45, 7) is -0.402. The van der Waals surface area contributed by atoms with Crippen LogP contribution in [0.25, 0.3) is 11.3 Å². The van der Waals surface area contributed by atoms with Crippen molar-refractivity contribution < 1.29 is 23.5 Å². The predicted molar refractivity (Wildman–Crippen MR) is 104 cm³/mol. The number of methoxy groups -OCH3 is 1. The van der Waals surface area contributed by atoms with E-state index in [1.807, 2.05) is 0 Å². The molecule has 1 amide bonds. The van der Waals surface area contributed by atoms with Crippen LogP contribution < -0.4 is 10.1 Å². The number of amides is 1. The zero-order valence-corrected chi connectivity index (χ0v) is 15.8. The molecule has 2 aromatic carbocycles. The van der Waals surface area contributed by atoms with Gasteiger partial charge in [0.2, 0.25) is 0 Å². The molecule has 0 spiro atoms. The molecule has 6 nitrogen and oxygen atoms in total. The van der Waals surface area contributed by atoms with Gasteiger partial charge in [-0.3, -0.25) is 14.9 Å². The largest absolute Gasteiger partial charge is 0.497 e. The number of halogens is 1. The van der Waals surface area contributed by atoms with Crippen LogP contribution in [0.5, 0.6) is 5.75 Å². The van der Waals surface area contributed by atoms with Crippen molar-refractivity contribution in [3.63, 3.8) is 0 Å². The summed E-state index contributed by atoms with van der Waals surface area (Å²) in [4.78, 5) is 28.1. The van der Waals surface area contributed by atoms with E-state index in [0.717, 1.165) is 11.1 Å². The number of hydrogen-bond donors (Lipinski definition) is 1. The lowest BCUT2D eigenvalue weighted by Crippen LogP contribution is -2.21. The number of nitrogens with one attached hydrogen (secondary N) is 1. The number of carbonyl (C=O) groups is 2. The Balaban J connectivity index is 1.47. The maximum atomic E-state index is 13.0. The highest BCUT2D eigenvalue weighted by atomic mass is 32.1. The minimum absolute atomic E-state index is 0.0588. The Bertz CT molecular complexity index is 955. The van der Waals surface area contributed by atoms with Crippen molar-refractivity contribution >= 4 is 28.3 Å². The minimum Gasteiger partial charge on any atom is -0.497 e. The van der Waals surface area contributed by atoms with Crippen molar-refractivity contribution in [3.8, 4) is 17.0 Å². The van der Waals surface area contributed by atoms with Crippen molar-refractivity contribution in [2.75, 3.05) is 19.0 Å². The van der Waals surface area contributed by atoms with E-state index >= 15 is 0 Å². The third kappa shape index (κ3) is 5.37. The molecule has 0 aliphatic rings. The van der Waals surface area contributed by atoms with Gasteiger partial charge in [0.25, 0.3) is 5.91 Å². The summed E-state index contributed by atoms with van der Waals surface area (Å²) in [5, 5.41) is 4.70. The lowest BCUT2D eigenvalue weighted by Gasteiger charge is -2.05. The second-order valence-electron chi connectivity index (χ2n) is 5.78. The van der Waals surface area contributed by atoms with Crippen LogP contribution in [0.1, 0.15) is 5.56 Å². The molecule has 0 atom stereocenters. The van der Waals surface area contributed by atoms with Crippen molar-refractivity contribution in [2.45, 2.75) is 6.42 Å². The Labute approximate surface area is 164 Å². The molecule has 8 heteroatoms. The second kappa shape index (κ2) is 9.09. The summed E-state index contributed by atoms with van der Waals surface area (Å²) < 4.78 is 23.0. The monoisotopic (exact) mass is 400 g/mol. The van der Waals surface area contributed by atoms with E-state index in [1.165, 1.54) is 23.5 Å². The van der Waals surface area contributed by atoms with Crippen molar-refractivity contribution in [3.05, 3.63) is 65.3 Å². The van der Waals surface area contributed by atoms with Gasteiger partial charge in [-0.05, 0) is 42.0 Å². The molecule has 0 aliphatic carbocycles. The van der Waals surface area contributed by atoms with Gasteiger partial charge in [-0.15, -0.1) is 11.3 Å². The molecule has 28 heavy (non-hydrogen) atoms. The van der Waals surface area contributed by atoms with E-state index in [9.17, 15) is 14.0 Å². The molecule has 3 rings (SSSR count). The van der Waals surface area contributed by atoms with Gasteiger partial charge < -0.3 is 9.47 Å². The minimum atomic E-state index is -0.508. The summed E-state index contributed by atoms with van der Waals surface area (Å²) in [7, 11) is 1.56. The lowest BCUT2D eigenvalue weighted by molar-refractivity contribution is -0.146. The quantitative estimate of drug-likeness (QED) is 0.612. The first-order valence-corrected chi connectivity index (χ1v) is 9.21. The molecular weight excluding hydrogens is 383 g/mol. The third-order valence-electron chi connectivity index (χ3n) is 3.76. The molecule has 0 unspecified atom stereocenters. The molecule has 0 bridgehead atoms. The number of anilines is 1. The molecule has 1 aromatic heterocycles. The zero-order chi connectivity index (χ0) is 19.9. The van der Waals surface area contributed by atoms with Crippen LogP contribution in [-0.2, 0) is 20.7 Å². The van der Waals surface area contributed by atoms with E-state index in [2.05, 4.69) is 10.3 Å². The summed E-state index contributed by atoms with van der Waals surface area (Å²) >= 11 is 1.23. The maximum absolute atomic E-state index is 13.0. The van der Waals surface area contributed by atoms with Gasteiger partial charge in [0.1, 0.15) is 11.6 Å². The number of rotatable bonds is 7. The van der Waals surface area contributed by atoms with Gasteiger partial charge in [0.15, 0.2) is 11.7 Å². The van der Waals surface area contributed by atoms with E-state index < -0.39 is 18.5 Å². The average molecular weight is 400 g/mol. The Morgan fingerprint density at radius 3 is 2.50 bits per heavy atom. The molecule has 3 aromatic rings. The van der Waals surface area contributed by atoms with Gasteiger partial charge in [-0.25, -0.2) is 9.37 Å². The second-order valence-corrected chi connectivity index (χ2v) is 6.64. The standard InChI is InChI=1S/C20H17FN2O4S/c1-26-16-8-2-13(3-9-16)10-19(25)27-11-18(24)23-20-22-17(12-28-20)14-4-6-15(21)7-5-14/h2-9,12H,10-11H2,1H3,(H,22,23,24). The molecule has 144 valence electrons. The number of nitrogens with zero attached hydrogens (tertiary/aromatic N) is 1. The van der Waals surface area contributed by atoms with Crippen LogP contribution in [0, 0.1) is 5.82 Å². The van der Waals surface area contributed by atoms with Crippen LogP contribution >= 0.6 is 11.3 Å². The molecule has 0 saturated heterocycles. The molecule has 0 saturated carbocycles. The SMILES string of the molecule is COc1ccc(CC(=O)OCC(=O)Nc2nc(-c3ccc(F)cc3)cs2)cc1. The van der Waals surface area contributed by atoms with Crippen LogP contribution in [0.15, 0.2) is 53.9 Å². The Morgan fingerprint density at radius 2 is 1.82 bits per heavy atom. The Hall–Kier alpha value is -3.26. The Kier molecular flexibility index (Phi) is 6.33. The van der Waals surface area contributed by atoms with Crippen molar-refractivity contribution in [1.29, 1.82) is 0 Å². The summed E-state index contributed by atoms with van der Waals surface area (Å²) in [5.41, 5.74) is 2.12. The molecule has 1 N–H and O–H groups in total. The maximum Gasteiger partial charge on any atom is 0.310 e. The number of carbonyl (C=O) groups excluding carboxylic acids is 2. The summed E-state index contributed by atoms with van der Waals surface area (Å²) in [5.74, 6) is -0.626. The van der Waals surface area contributed by atoms with E-state index in [1.54, 1.807) is 48.9 Å². The van der Waals surface area contributed by atoms with E-state index in [-0.39, 0.29) is 12.2 Å². The molecule has 0 aliphatic heterocycles. The van der Waals surface area contributed by atoms with Crippen LogP contribution in [0.4, 0.5) is 9.52 Å². The number of aromatic nitrogens is 1. The van der Waals surface area contributed by atoms with Gasteiger partial charge >= 0.3 is 5.97 Å². The average Bonchev–Trinajstić information content (AvgIpc) is 3.16. The predicted octanol–water partition coefficient (Wildman–Crippen LogP) is 3.68. The summed E-state index contributed by atoms with van der Waals surface area (Å²) in [6.07, 6.45) is 0.0588. The van der Waals surface area contributed by atoms with Crippen LogP contribution in [-0.4, -0.2) is 30.6 Å². The smallest absolute Gasteiger partial charge is 0.310 e. The van der Waals surface area contributed by atoms with Gasteiger partial charge in [-0.1, -0.05) is 12.1 Å². The van der Waals surface area contributed by atoms with Crippen LogP contribution in [0.2, 0.25) is 0 Å². The highest BCUT2D eigenvalue weighted by molar-refractivity contribution is 7.14. The van der Waals surface area contributed by atoms with Gasteiger partial charge in [0, 0.05) is 10.9 Å². The first-order chi connectivity index (χ1) is 13.5. The molecule has 0 fully saturated rings. The van der Waals surface area contributed by atoms with E-state index in [0.29, 0.717) is 16.6 Å². The fraction of sp³-hybridized carbons (Fsp3) is 0.150. The number of benzene rings is 2. The normalized spacial score (nSPS) is 10.4. The van der Waals surface area contributed by atoms with Gasteiger partial charge in [0.05, 0.1) is 19.2 Å². The molecule has 1 heterocycles. The first-order valence-electron chi connectivity index (χ1n) is 8.33. The number of esters is 1. The zero-order valence-electron chi connectivity index (χ0n) is 15.0. The third-order valence-corrected chi connectivity index (χ3v) is 4.52.